The number of thioether (sulfide) groups is 1. The molecule has 0 fully saturated rings. The smallest absolute Gasteiger partial charge is 0.269 e. The van der Waals surface area contributed by atoms with Gasteiger partial charge in [-0.15, -0.1) is 0 Å². The Morgan fingerprint density at radius 1 is 1.27 bits per heavy atom. The number of carbonyl (C=O) groups excluding carboxylic acids is 1. The van der Waals surface area contributed by atoms with Gasteiger partial charge in [0.1, 0.15) is 0 Å². The van der Waals surface area contributed by atoms with Crippen molar-refractivity contribution in [2.24, 2.45) is 4.99 Å². The number of amides is 1. The van der Waals surface area contributed by atoms with Crippen LogP contribution in [0.2, 0.25) is 10.0 Å². The number of halogens is 2. The second-order valence-electron chi connectivity index (χ2n) is 5.46. The van der Waals surface area contributed by atoms with Crippen molar-refractivity contribution < 1.29 is 9.72 Å². The van der Waals surface area contributed by atoms with E-state index in [0.29, 0.717) is 34.6 Å². The van der Waals surface area contributed by atoms with Gasteiger partial charge in [-0.25, -0.2) is 0 Å². The highest BCUT2D eigenvalue weighted by Gasteiger charge is 2.26. The Bertz CT molecular complexity index is 905. The number of nitro groups is 1. The van der Waals surface area contributed by atoms with Crippen molar-refractivity contribution in [1.29, 1.82) is 0 Å². The molecule has 0 unspecified atom stereocenters. The molecule has 0 radical (unpaired) electrons. The van der Waals surface area contributed by atoms with Gasteiger partial charge in [0.2, 0.25) is 0 Å². The second kappa shape index (κ2) is 8.07. The molecule has 2 aromatic carbocycles. The molecule has 26 heavy (non-hydrogen) atoms. The molecule has 0 atom stereocenters. The Labute approximate surface area is 164 Å². The normalized spacial score (nSPS) is 13.6. The molecule has 6 nitrogen and oxygen atoms in total. The number of non-ortho nitro benzene ring substituents is 1. The molecule has 0 bridgehead atoms. The molecule has 1 amide bonds. The first-order chi connectivity index (χ1) is 12.5. The first-order valence-electron chi connectivity index (χ1n) is 7.63. The Balaban J connectivity index is 1.71. The lowest BCUT2D eigenvalue weighted by Gasteiger charge is -2.18. The van der Waals surface area contributed by atoms with E-state index in [1.54, 1.807) is 29.2 Å². The number of carbonyl (C=O) groups is 1. The van der Waals surface area contributed by atoms with Gasteiger partial charge in [-0.3, -0.25) is 24.8 Å². The van der Waals surface area contributed by atoms with E-state index in [4.69, 9.17) is 23.2 Å². The number of nitrogens with zero attached hydrogens (tertiary/aromatic N) is 3. The summed E-state index contributed by atoms with van der Waals surface area (Å²) in [5.41, 5.74) is 1.19. The zero-order valence-electron chi connectivity index (χ0n) is 13.4. The van der Waals surface area contributed by atoms with Gasteiger partial charge < -0.3 is 0 Å². The SMILES string of the molecule is O=C(c1ccc(Cl)cc1Cl)N1CCN=C1SCc1cccc([N+](=O)[O-])c1. The van der Waals surface area contributed by atoms with Gasteiger partial charge in [0.05, 0.1) is 22.1 Å². The topological polar surface area (TPSA) is 75.8 Å². The summed E-state index contributed by atoms with van der Waals surface area (Å²) >= 11 is 13.4. The summed E-state index contributed by atoms with van der Waals surface area (Å²) in [5, 5.41) is 12.2. The van der Waals surface area contributed by atoms with Crippen LogP contribution in [0.15, 0.2) is 47.5 Å². The lowest BCUT2D eigenvalue weighted by molar-refractivity contribution is -0.384. The monoisotopic (exact) mass is 409 g/mol. The molecule has 0 spiro atoms. The molecule has 0 saturated carbocycles. The minimum atomic E-state index is -0.431. The van der Waals surface area contributed by atoms with Crippen LogP contribution in [0, 0.1) is 10.1 Å². The summed E-state index contributed by atoms with van der Waals surface area (Å²) in [7, 11) is 0. The van der Waals surface area contributed by atoms with Crippen molar-refractivity contribution in [3.05, 3.63) is 73.8 Å². The van der Waals surface area contributed by atoms with E-state index in [-0.39, 0.29) is 16.6 Å². The zero-order valence-corrected chi connectivity index (χ0v) is 15.7. The average Bonchev–Trinajstić information content (AvgIpc) is 3.08. The highest BCUT2D eigenvalue weighted by atomic mass is 35.5. The first kappa shape index (κ1) is 18.7. The van der Waals surface area contributed by atoms with Gasteiger partial charge in [0.25, 0.3) is 11.6 Å². The molecular weight excluding hydrogens is 397 g/mol. The molecule has 0 aromatic heterocycles. The minimum absolute atomic E-state index is 0.0392. The van der Waals surface area contributed by atoms with Gasteiger partial charge >= 0.3 is 0 Å². The summed E-state index contributed by atoms with van der Waals surface area (Å²) in [4.78, 5) is 29.1. The molecule has 3 rings (SSSR count). The van der Waals surface area contributed by atoms with E-state index in [9.17, 15) is 14.9 Å². The number of benzene rings is 2. The number of nitro benzene ring substituents is 1. The maximum Gasteiger partial charge on any atom is 0.269 e. The highest BCUT2D eigenvalue weighted by Crippen LogP contribution is 2.26. The van der Waals surface area contributed by atoms with Gasteiger partial charge in [-0.2, -0.15) is 0 Å². The standard InChI is InChI=1S/C17H13Cl2N3O3S/c18-12-4-5-14(15(19)9-12)16(23)21-7-6-20-17(21)26-10-11-2-1-3-13(8-11)22(24)25/h1-5,8-9H,6-7,10H2. The lowest BCUT2D eigenvalue weighted by Crippen LogP contribution is -2.33. The van der Waals surface area contributed by atoms with Crippen molar-refractivity contribution in [2.45, 2.75) is 5.75 Å². The summed E-state index contributed by atoms with van der Waals surface area (Å²) in [6, 6.07) is 11.1. The van der Waals surface area contributed by atoms with E-state index in [1.165, 1.54) is 30.0 Å². The average molecular weight is 410 g/mol. The Hall–Kier alpha value is -2.09. The Morgan fingerprint density at radius 3 is 2.81 bits per heavy atom. The first-order valence-corrected chi connectivity index (χ1v) is 9.37. The molecular formula is C17H13Cl2N3O3S. The predicted molar refractivity (Wildman–Crippen MR) is 104 cm³/mol. The van der Waals surface area contributed by atoms with Crippen LogP contribution in [0.1, 0.15) is 15.9 Å². The number of hydrogen-bond donors (Lipinski definition) is 0. The fourth-order valence-corrected chi connectivity index (χ4v) is 3.93. The second-order valence-corrected chi connectivity index (χ2v) is 7.25. The van der Waals surface area contributed by atoms with E-state index in [0.717, 1.165) is 5.56 Å². The minimum Gasteiger partial charge on any atom is -0.286 e. The van der Waals surface area contributed by atoms with Crippen LogP contribution in [0.3, 0.4) is 0 Å². The molecule has 134 valence electrons. The number of amidine groups is 1. The Morgan fingerprint density at radius 2 is 2.08 bits per heavy atom. The van der Waals surface area contributed by atoms with E-state index < -0.39 is 4.92 Å². The summed E-state index contributed by atoms with van der Waals surface area (Å²) in [6.45, 7) is 0.975. The van der Waals surface area contributed by atoms with E-state index in [2.05, 4.69) is 4.99 Å². The van der Waals surface area contributed by atoms with Crippen molar-refractivity contribution in [2.75, 3.05) is 13.1 Å². The van der Waals surface area contributed by atoms with Crippen LogP contribution < -0.4 is 0 Å². The van der Waals surface area contributed by atoms with Crippen LogP contribution in [0.25, 0.3) is 0 Å². The van der Waals surface area contributed by atoms with Gasteiger partial charge in [-0.1, -0.05) is 47.1 Å². The maximum absolute atomic E-state index is 12.8. The number of rotatable bonds is 4. The van der Waals surface area contributed by atoms with Gasteiger partial charge in [0, 0.05) is 29.5 Å². The molecule has 1 aliphatic rings. The van der Waals surface area contributed by atoms with Crippen LogP contribution in [0.4, 0.5) is 5.69 Å². The van der Waals surface area contributed by atoms with Crippen molar-refractivity contribution in [3.8, 4) is 0 Å². The fraction of sp³-hybridized carbons (Fsp3) is 0.176. The summed E-state index contributed by atoms with van der Waals surface area (Å²) in [6.07, 6.45) is 0. The number of hydrogen-bond acceptors (Lipinski definition) is 5. The maximum atomic E-state index is 12.8. The zero-order chi connectivity index (χ0) is 18.7. The summed E-state index contributed by atoms with van der Waals surface area (Å²) in [5.74, 6) is 0.230. The third kappa shape index (κ3) is 4.17. The van der Waals surface area contributed by atoms with Crippen LogP contribution in [-0.2, 0) is 5.75 Å². The molecule has 1 heterocycles. The van der Waals surface area contributed by atoms with Crippen LogP contribution >= 0.6 is 35.0 Å². The van der Waals surface area contributed by atoms with Crippen molar-refractivity contribution >= 4 is 51.7 Å². The van der Waals surface area contributed by atoms with E-state index >= 15 is 0 Å². The third-order valence-electron chi connectivity index (χ3n) is 3.70. The van der Waals surface area contributed by atoms with Crippen LogP contribution in [-0.4, -0.2) is 34.0 Å². The molecule has 0 saturated heterocycles. The lowest BCUT2D eigenvalue weighted by atomic mass is 10.2. The Kier molecular flexibility index (Phi) is 5.80. The van der Waals surface area contributed by atoms with Gasteiger partial charge in [0.15, 0.2) is 5.17 Å². The predicted octanol–water partition coefficient (Wildman–Crippen LogP) is 4.65. The largest absolute Gasteiger partial charge is 0.286 e. The number of aliphatic imine (C=N–C) groups is 1. The molecule has 1 aliphatic heterocycles. The highest BCUT2D eigenvalue weighted by molar-refractivity contribution is 8.13. The van der Waals surface area contributed by atoms with Crippen molar-refractivity contribution in [3.63, 3.8) is 0 Å². The quantitative estimate of drug-likeness (QED) is 0.543. The van der Waals surface area contributed by atoms with Crippen molar-refractivity contribution in [1.82, 2.24) is 4.90 Å². The molecule has 2 aromatic rings. The molecule has 9 heteroatoms. The molecule has 0 N–H and O–H groups in total. The third-order valence-corrected chi connectivity index (χ3v) is 5.33. The van der Waals surface area contributed by atoms with Gasteiger partial charge in [-0.05, 0) is 23.8 Å². The molecule has 0 aliphatic carbocycles. The fourth-order valence-electron chi connectivity index (χ4n) is 2.45. The summed E-state index contributed by atoms with van der Waals surface area (Å²) < 4.78 is 0. The van der Waals surface area contributed by atoms with Crippen LogP contribution in [0.5, 0.6) is 0 Å². The van der Waals surface area contributed by atoms with E-state index in [1.807, 2.05) is 0 Å².